The Bertz CT molecular complexity index is 137. The van der Waals surface area contributed by atoms with Crippen LogP contribution in [0.15, 0.2) is 0 Å². The molecule has 78 valence electrons. The Morgan fingerprint density at radius 1 is 1.62 bits per heavy atom. The number of hydrogen-bond donors (Lipinski definition) is 1. The fourth-order valence-corrected chi connectivity index (χ4v) is 2.49. The van der Waals surface area contributed by atoms with Crippen LogP contribution < -0.4 is 5.32 Å². The normalized spacial score (nSPS) is 24.9. The first-order valence-electron chi connectivity index (χ1n) is 4.76. The van der Waals surface area contributed by atoms with Gasteiger partial charge in [-0.25, -0.2) is 4.67 Å². The molecule has 0 saturated carbocycles. The first kappa shape index (κ1) is 11.3. The number of rotatable bonds is 5. The molecule has 1 aliphatic heterocycles. The number of hydrogen-bond acceptors (Lipinski definition) is 4. The summed E-state index contributed by atoms with van der Waals surface area (Å²) in [6.07, 6.45) is 2.17. The fourth-order valence-electron chi connectivity index (χ4n) is 1.14. The van der Waals surface area contributed by atoms with Crippen molar-refractivity contribution >= 4 is 8.53 Å². The van der Waals surface area contributed by atoms with Crippen LogP contribution in [0.25, 0.3) is 0 Å². The van der Waals surface area contributed by atoms with Gasteiger partial charge in [-0.3, -0.25) is 0 Å². The van der Waals surface area contributed by atoms with E-state index in [9.17, 15) is 0 Å². The molecule has 1 fully saturated rings. The molecule has 0 aromatic heterocycles. The van der Waals surface area contributed by atoms with Crippen LogP contribution in [0, 0.1) is 0 Å². The van der Waals surface area contributed by atoms with Crippen molar-refractivity contribution in [2.45, 2.75) is 12.8 Å². The van der Waals surface area contributed by atoms with Crippen LogP contribution in [-0.2, 0) is 9.05 Å². The summed E-state index contributed by atoms with van der Waals surface area (Å²) in [5.74, 6) is 0. The van der Waals surface area contributed by atoms with Crippen LogP contribution in [0.4, 0.5) is 0 Å². The molecule has 4 nitrogen and oxygen atoms in total. The van der Waals surface area contributed by atoms with Gasteiger partial charge in [0.05, 0.1) is 13.2 Å². The van der Waals surface area contributed by atoms with Crippen LogP contribution in [0.2, 0.25) is 0 Å². The molecule has 1 saturated heterocycles. The third-order valence-electron chi connectivity index (χ3n) is 1.88. The second kappa shape index (κ2) is 6.68. The Hall–Kier alpha value is 0.270. The third-order valence-corrected chi connectivity index (χ3v) is 3.44. The van der Waals surface area contributed by atoms with Gasteiger partial charge in [0.1, 0.15) is 0 Å². The molecular formula is C8H19N2O2P. The van der Waals surface area contributed by atoms with E-state index in [1.165, 1.54) is 0 Å². The van der Waals surface area contributed by atoms with Gasteiger partial charge in [-0.2, -0.15) is 0 Å². The fraction of sp³-hybridized carbons (Fsp3) is 1.00. The van der Waals surface area contributed by atoms with Gasteiger partial charge >= 0.3 is 0 Å². The maximum Gasteiger partial charge on any atom is 0.258 e. The lowest BCUT2D eigenvalue weighted by molar-refractivity contribution is 0.177. The van der Waals surface area contributed by atoms with E-state index in [0.717, 1.165) is 39.1 Å². The highest BCUT2D eigenvalue weighted by molar-refractivity contribution is 7.44. The molecule has 0 spiro atoms. The zero-order valence-electron chi connectivity index (χ0n) is 8.45. The Morgan fingerprint density at radius 3 is 3.15 bits per heavy atom. The molecule has 1 aliphatic rings. The second-order valence-electron chi connectivity index (χ2n) is 3.10. The largest absolute Gasteiger partial charge is 0.322 e. The summed E-state index contributed by atoms with van der Waals surface area (Å²) in [6, 6.07) is 0. The van der Waals surface area contributed by atoms with Crippen molar-refractivity contribution in [1.29, 1.82) is 0 Å². The average Bonchev–Trinajstić information content (AvgIpc) is 2.15. The van der Waals surface area contributed by atoms with Crippen LogP contribution in [0.1, 0.15) is 12.8 Å². The Balaban J connectivity index is 2.05. The summed E-state index contributed by atoms with van der Waals surface area (Å²) < 4.78 is 13.3. The van der Waals surface area contributed by atoms with Crippen molar-refractivity contribution in [2.24, 2.45) is 0 Å². The second-order valence-corrected chi connectivity index (χ2v) is 4.77. The first-order chi connectivity index (χ1) is 6.34. The van der Waals surface area contributed by atoms with Crippen molar-refractivity contribution in [3.63, 3.8) is 0 Å². The SMILES string of the molecule is CNCCCOP1OCCCN1C. The van der Waals surface area contributed by atoms with Crippen LogP contribution in [0.3, 0.4) is 0 Å². The molecule has 1 N–H and O–H groups in total. The topological polar surface area (TPSA) is 33.7 Å². The minimum Gasteiger partial charge on any atom is -0.322 e. The van der Waals surface area contributed by atoms with E-state index in [0.29, 0.717) is 0 Å². The predicted molar refractivity (Wildman–Crippen MR) is 54.6 cm³/mol. The van der Waals surface area contributed by atoms with E-state index in [1.54, 1.807) is 0 Å². The van der Waals surface area contributed by atoms with Crippen molar-refractivity contribution in [2.75, 3.05) is 40.4 Å². The lowest BCUT2D eigenvalue weighted by Crippen LogP contribution is -2.23. The summed E-state index contributed by atoms with van der Waals surface area (Å²) in [7, 11) is 3.27. The zero-order chi connectivity index (χ0) is 9.52. The molecule has 0 radical (unpaired) electrons. The minimum atomic E-state index is -0.744. The van der Waals surface area contributed by atoms with Gasteiger partial charge in [0.25, 0.3) is 8.53 Å². The molecule has 0 aromatic rings. The quantitative estimate of drug-likeness (QED) is 0.541. The van der Waals surface area contributed by atoms with E-state index in [2.05, 4.69) is 17.0 Å². The summed E-state index contributed by atoms with van der Waals surface area (Å²) >= 11 is 0. The van der Waals surface area contributed by atoms with E-state index in [1.807, 2.05) is 7.05 Å². The first-order valence-corrected chi connectivity index (χ1v) is 5.89. The number of nitrogens with one attached hydrogen (secondary N) is 1. The predicted octanol–water partition coefficient (Wildman–Crippen LogP) is 1.19. The van der Waals surface area contributed by atoms with Crippen molar-refractivity contribution < 1.29 is 9.05 Å². The van der Waals surface area contributed by atoms with Gasteiger partial charge in [-0.1, -0.05) is 0 Å². The molecule has 1 atom stereocenters. The highest BCUT2D eigenvalue weighted by atomic mass is 31.2. The van der Waals surface area contributed by atoms with Gasteiger partial charge in [0.15, 0.2) is 0 Å². The summed E-state index contributed by atoms with van der Waals surface area (Å²) in [6.45, 7) is 3.74. The van der Waals surface area contributed by atoms with Gasteiger partial charge in [0.2, 0.25) is 0 Å². The monoisotopic (exact) mass is 206 g/mol. The molecular weight excluding hydrogens is 187 g/mol. The standard InChI is InChI=1S/C8H19N2O2P/c1-9-5-3-7-11-13-10(2)6-4-8-12-13/h9H,3-8H2,1-2H3. The molecule has 1 unspecified atom stereocenters. The van der Waals surface area contributed by atoms with Gasteiger partial charge in [-0.05, 0) is 33.5 Å². The maximum absolute atomic E-state index is 5.63. The van der Waals surface area contributed by atoms with Gasteiger partial charge in [-0.15, -0.1) is 0 Å². The lowest BCUT2D eigenvalue weighted by atomic mass is 10.5. The van der Waals surface area contributed by atoms with E-state index in [-0.39, 0.29) is 0 Å². The smallest absolute Gasteiger partial charge is 0.258 e. The van der Waals surface area contributed by atoms with Crippen molar-refractivity contribution in [1.82, 2.24) is 9.99 Å². The summed E-state index contributed by atoms with van der Waals surface area (Å²) in [5.41, 5.74) is 0. The van der Waals surface area contributed by atoms with E-state index in [4.69, 9.17) is 9.05 Å². The molecule has 0 bridgehead atoms. The Labute approximate surface area is 81.6 Å². The average molecular weight is 206 g/mol. The van der Waals surface area contributed by atoms with Crippen molar-refractivity contribution in [3.8, 4) is 0 Å². The molecule has 5 heteroatoms. The molecule has 1 heterocycles. The molecule has 0 aromatic carbocycles. The Kier molecular flexibility index (Phi) is 5.83. The molecule has 0 amide bonds. The summed E-state index contributed by atoms with van der Waals surface area (Å²) in [4.78, 5) is 0. The van der Waals surface area contributed by atoms with Crippen LogP contribution in [0.5, 0.6) is 0 Å². The maximum atomic E-state index is 5.63. The highest BCUT2D eigenvalue weighted by Gasteiger charge is 2.20. The van der Waals surface area contributed by atoms with Crippen molar-refractivity contribution in [3.05, 3.63) is 0 Å². The van der Waals surface area contributed by atoms with Gasteiger partial charge < -0.3 is 14.4 Å². The minimum absolute atomic E-state index is 0.744. The van der Waals surface area contributed by atoms with E-state index < -0.39 is 8.53 Å². The third kappa shape index (κ3) is 4.34. The lowest BCUT2D eigenvalue weighted by Gasteiger charge is -2.30. The Morgan fingerprint density at radius 2 is 2.46 bits per heavy atom. The van der Waals surface area contributed by atoms with E-state index >= 15 is 0 Å². The van der Waals surface area contributed by atoms with Gasteiger partial charge in [0, 0.05) is 6.54 Å². The molecule has 1 rings (SSSR count). The molecule has 0 aliphatic carbocycles. The highest BCUT2D eigenvalue weighted by Crippen LogP contribution is 2.43. The number of nitrogens with zero attached hydrogens (tertiary/aromatic N) is 1. The molecule has 13 heavy (non-hydrogen) atoms. The van der Waals surface area contributed by atoms with Crippen LogP contribution >= 0.6 is 8.53 Å². The van der Waals surface area contributed by atoms with Crippen LogP contribution in [-0.4, -0.2) is 45.1 Å². The zero-order valence-corrected chi connectivity index (χ0v) is 9.35. The summed E-state index contributed by atoms with van der Waals surface area (Å²) in [5, 5.41) is 3.09.